The van der Waals surface area contributed by atoms with Crippen LogP contribution in [0.25, 0.3) is 0 Å². The second-order valence-corrected chi connectivity index (χ2v) is 4.05. The normalized spacial score (nSPS) is 16.9. The van der Waals surface area contributed by atoms with Gasteiger partial charge in [0.05, 0.1) is 6.54 Å². The van der Waals surface area contributed by atoms with Crippen LogP contribution in [0.3, 0.4) is 0 Å². The number of nitrogens with zero attached hydrogens (tertiary/aromatic N) is 1. The van der Waals surface area contributed by atoms with Gasteiger partial charge in [-0.1, -0.05) is 0 Å². The molecule has 1 fully saturated rings. The van der Waals surface area contributed by atoms with Crippen LogP contribution in [0.5, 0.6) is 0 Å². The average molecular weight is 227 g/mol. The summed E-state index contributed by atoms with van der Waals surface area (Å²) < 4.78 is 0. The van der Waals surface area contributed by atoms with Crippen LogP contribution in [0.15, 0.2) is 0 Å². The summed E-state index contributed by atoms with van der Waals surface area (Å²) in [6.45, 7) is 4.47. The third-order valence-corrected chi connectivity index (χ3v) is 3.00. The van der Waals surface area contributed by atoms with Crippen LogP contribution in [0, 0.1) is 5.92 Å². The van der Waals surface area contributed by atoms with Gasteiger partial charge in [0.2, 0.25) is 11.8 Å². The molecule has 5 heteroatoms. The summed E-state index contributed by atoms with van der Waals surface area (Å²) in [5, 5.41) is 5.77. The second kappa shape index (κ2) is 6.48. The Morgan fingerprint density at radius 3 is 2.50 bits per heavy atom. The maximum atomic E-state index is 12.1. The molecule has 0 radical (unpaired) electrons. The number of carbonyl (C=O) groups is 2. The summed E-state index contributed by atoms with van der Waals surface area (Å²) in [5.41, 5.74) is 0. The van der Waals surface area contributed by atoms with Gasteiger partial charge in [0, 0.05) is 19.5 Å². The van der Waals surface area contributed by atoms with Gasteiger partial charge in [0.1, 0.15) is 0 Å². The Morgan fingerprint density at radius 2 is 2.00 bits per heavy atom. The molecule has 1 saturated heterocycles. The van der Waals surface area contributed by atoms with E-state index < -0.39 is 0 Å². The average Bonchev–Trinajstić information content (AvgIpc) is 2.35. The van der Waals surface area contributed by atoms with Crippen molar-refractivity contribution in [2.24, 2.45) is 5.92 Å². The van der Waals surface area contributed by atoms with Crippen molar-refractivity contribution in [1.29, 1.82) is 0 Å². The number of amides is 2. The Kier molecular flexibility index (Phi) is 5.25. The number of likely N-dealkylation sites (N-methyl/N-ethyl adjacent to an activating group) is 2. The van der Waals surface area contributed by atoms with E-state index in [9.17, 15) is 9.59 Å². The lowest BCUT2D eigenvalue weighted by Gasteiger charge is -2.28. The molecule has 92 valence electrons. The summed E-state index contributed by atoms with van der Waals surface area (Å²) in [7, 11) is 1.59. The standard InChI is InChI=1S/C11H21N3O2/c1-3-14(8-10(15)12-2)11(16)9-4-6-13-7-5-9/h9,13H,3-8H2,1-2H3,(H,12,15). The fourth-order valence-electron chi connectivity index (χ4n) is 1.93. The van der Waals surface area contributed by atoms with Gasteiger partial charge < -0.3 is 15.5 Å². The molecule has 0 aromatic carbocycles. The molecule has 0 unspecified atom stereocenters. The first-order chi connectivity index (χ1) is 7.69. The van der Waals surface area contributed by atoms with Crippen LogP contribution in [0.2, 0.25) is 0 Å². The quantitative estimate of drug-likeness (QED) is 0.686. The molecular weight excluding hydrogens is 206 g/mol. The van der Waals surface area contributed by atoms with Gasteiger partial charge in [0.15, 0.2) is 0 Å². The van der Waals surface area contributed by atoms with E-state index in [0.717, 1.165) is 25.9 Å². The van der Waals surface area contributed by atoms with E-state index in [-0.39, 0.29) is 24.3 Å². The Bertz CT molecular complexity index is 250. The predicted molar refractivity (Wildman–Crippen MR) is 61.9 cm³/mol. The maximum Gasteiger partial charge on any atom is 0.239 e. The lowest BCUT2D eigenvalue weighted by atomic mass is 9.96. The topological polar surface area (TPSA) is 61.4 Å². The van der Waals surface area contributed by atoms with Crippen LogP contribution in [0.4, 0.5) is 0 Å². The molecular formula is C11H21N3O2. The molecule has 2 N–H and O–H groups in total. The van der Waals surface area contributed by atoms with Gasteiger partial charge in [-0.3, -0.25) is 9.59 Å². The Labute approximate surface area is 96.6 Å². The molecule has 1 aliphatic rings. The predicted octanol–water partition coefficient (Wildman–Crippen LogP) is -0.419. The number of hydrogen-bond acceptors (Lipinski definition) is 3. The summed E-state index contributed by atoms with van der Waals surface area (Å²) in [5.74, 6) is 0.0996. The minimum atomic E-state index is -0.107. The number of hydrogen-bond donors (Lipinski definition) is 2. The molecule has 0 spiro atoms. The largest absolute Gasteiger partial charge is 0.358 e. The van der Waals surface area contributed by atoms with Crippen molar-refractivity contribution in [1.82, 2.24) is 15.5 Å². The van der Waals surface area contributed by atoms with Crippen LogP contribution in [-0.2, 0) is 9.59 Å². The van der Waals surface area contributed by atoms with E-state index in [1.807, 2.05) is 6.92 Å². The van der Waals surface area contributed by atoms with Crippen LogP contribution in [0.1, 0.15) is 19.8 Å². The van der Waals surface area contributed by atoms with E-state index in [2.05, 4.69) is 10.6 Å². The third-order valence-electron chi connectivity index (χ3n) is 3.00. The van der Waals surface area contributed by atoms with Crippen molar-refractivity contribution in [3.05, 3.63) is 0 Å². The maximum absolute atomic E-state index is 12.1. The van der Waals surface area contributed by atoms with Crippen molar-refractivity contribution >= 4 is 11.8 Å². The summed E-state index contributed by atoms with van der Waals surface area (Å²) in [6, 6.07) is 0. The highest BCUT2D eigenvalue weighted by Gasteiger charge is 2.25. The molecule has 2 amide bonds. The highest BCUT2D eigenvalue weighted by molar-refractivity contribution is 5.85. The molecule has 0 aromatic heterocycles. The highest BCUT2D eigenvalue weighted by Crippen LogP contribution is 2.14. The Balaban J connectivity index is 2.50. The zero-order valence-electron chi connectivity index (χ0n) is 10.1. The fourth-order valence-corrected chi connectivity index (χ4v) is 1.93. The van der Waals surface area contributed by atoms with Gasteiger partial charge in [0.25, 0.3) is 0 Å². The van der Waals surface area contributed by atoms with E-state index >= 15 is 0 Å². The van der Waals surface area contributed by atoms with E-state index in [4.69, 9.17) is 0 Å². The zero-order valence-corrected chi connectivity index (χ0v) is 10.1. The summed E-state index contributed by atoms with van der Waals surface area (Å²) in [6.07, 6.45) is 1.76. The molecule has 1 aliphatic heterocycles. The molecule has 16 heavy (non-hydrogen) atoms. The second-order valence-electron chi connectivity index (χ2n) is 4.05. The SMILES string of the molecule is CCN(CC(=O)NC)C(=O)C1CCNCC1. The smallest absolute Gasteiger partial charge is 0.239 e. The first-order valence-electron chi connectivity index (χ1n) is 5.89. The summed E-state index contributed by atoms with van der Waals surface area (Å²) in [4.78, 5) is 25.0. The van der Waals surface area contributed by atoms with Gasteiger partial charge in [-0.05, 0) is 32.9 Å². The van der Waals surface area contributed by atoms with Gasteiger partial charge in [-0.25, -0.2) is 0 Å². The van der Waals surface area contributed by atoms with E-state index in [1.54, 1.807) is 11.9 Å². The molecule has 0 aliphatic carbocycles. The lowest BCUT2D eigenvalue weighted by Crippen LogP contribution is -2.44. The molecule has 0 saturated carbocycles. The van der Waals surface area contributed by atoms with Crippen molar-refractivity contribution in [3.8, 4) is 0 Å². The van der Waals surface area contributed by atoms with Gasteiger partial charge in [-0.15, -0.1) is 0 Å². The van der Waals surface area contributed by atoms with Crippen molar-refractivity contribution in [3.63, 3.8) is 0 Å². The molecule has 5 nitrogen and oxygen atoms in total. The zero-order chi connectivity index (χ0) is 12.0. The number of piperidine rings is 1. The molecule has 0 aromatic rings. The minimum absolute atomic E-state index is 0.0888. The van der Waals surface area contributed by atoms with Crippen molar-refractivity contribution in [2.75, 3.05) is 33.2 Å². The van der Waals surface area contributed by atoms with Crippen LogP contribution >= 0.6 is 0 Å². The molecule has 0 bridgehead atoms. The lowest BCUT2D eigenvalue weighted by molar-refractivity contribution is -0.139. The van der Waals surface area contributed by atoms with Crippen LogP contribution in [-0.4, -0.2) is 49.9 Å². The van der Waals surface area contributed by atoms with Crippen molar-refractivity contribution < 1.29 is 9.59 Å². The fraction of sp³-hybridized carbons (Fsp3) is 0.818. The van der Waals surface area contributed by atoms with Gasteiger partial charge in [-0.2, -0.15) is 0 Å². The molecule has 1 heterocycles. The van der Waals surface area contributed by atoms with Crippen molar-refractivity contribution in [2.45, 2.75) is 19.8 Å². The minimum Gasteiger partial charge on any atom is -0.358 e. The number of rotatable bonds is 4. The number of carbonyl (C=O) groups excluding carboxylic acids is 2. The highest BCUT2D eigenvalue weighted by atomic mass is 16.2. The molecule has 0 atom stereocenters. The van der Waals surface area contributed by atoms with E-state index in [0.29, 0.717) is 6.54 Å². The van der Waals surface area contributed by atoms with Crippen LogP contribution < -0.4 is 10.6 Å². The Hall–Kier alpha value is -1.10. The van der Waals surface area contributed by atoms with Gasteiger partial charge >= 0.3 is 0 Å². The molecule has 1 rings (SSSR count). The summed E-state index contributed by atoms with van der Waals surface area (Å²) >= 11 is 0. The third kappa shape index (κ3) is 3.48. The number of nitrogens with one attached hydrogen (secondary N) is 2. The first-order valence-corrected chi connectivity index (χ1v) is 5.89. The first kappa shape index (κ1) is 13.0. The van der Waals surface area contributed by atoms with E-state index in [1.165, 1.54) is 0 Å². The monoisotopic (exact) mass is 227 g/mol. The Morgan fingerprint density at radius 1 is 1.38 bits per heavy atom.